The van der Waals surface area contributed by atoms with E-state index in [1.165, 1.54) is 42.2 Å². The number of fused-ring (bicyclic) bond motifs is 1. The molecule has 2 atom stereocenters. The molecule has 1 N–H and O–H groups in total. The van der Waals surface area contributed by atoms with Crippen molar-refractivity contribution in [3.63, 3.8) is 0 Å². The maximum atomic E-state index is 13.7. The van der Waals surface area contributed by atoms with E-state index in [1.54, 1.807) is 0 Å². The van der Waals surface area contributed by atoms with Gasteiger partial charge in [-0.1, -0.05) is 62.1 Å². The lowest BCUT2D eigenvalue weighted by molar-refractivity contribution is -0.129. The van der Waals surface area contributed by atoms with Crippen LogP contribution in [0, 0.1) is 19.8 Å². The SMILES string of the molecule is Cc1ccc(C)c(CN2C(=O)[C@@H]([C@@H](C)C(=O)NC3CCCCC3)Sc3ccccc32)c1. The number of rotatable bonds is 5. The lowest BCUT2D eigenvalue weighted by Gasteiger charge is -2.36. The molecule has 164 valence electrons. The number of aryl methyl sites for hydroxylation is 2. The van der Waals surface area contributed by atoms with Gasteiger partial charge in [-0.05, 0) is 49.9 Å². The average Bonchev–Trinajstić information content (AvgIpc) is 2.78. The fourth-order valence-corrected chi connectivity index (χ4v) is 5.86. The number of para-hydroxylation sites is 1. The Kier molecular flexibility index (Phi) is 6.71. The van der Waals surface area contributed by atoms with Gasteiger partial charge in [-0.25, -0.2) is 0 Å². The van der Waals surface area contributed by atoms with Gasteiger partial charge in [0, 0.05) is 10.9 Å². The minimum Gasteiger partial charge on any atom is -0.353 e. The summed E-state index contributed by atoms with van der Waals surface area (Å²) in [5.41, 5.74) is 4.45. The van der Waals surface area contributed by atoms with E-state index >= 15 is 0 Å². The molecule has 0 bridgehead atoms. The van der Waals surface area contributed by atoms with Gasteiger partial charge in [-0.15, -0.1) is 11.8 Å². The molecular weight excluding hydrogens is 404 g/mol. The second-order valence-corrected chi connectivity index (χ2v) is 10.2. The Morgan fingerprint density at radius 1 is 1.13 bits per heavy atom. The first-order valence-electron chi connectivity index (χ1n) is 11.4. The summed E-state index contributed by atoms with van der Waals surface area (Å²) in [6.07, 6.45) is 5.70. The third kappa shape index (κ3) is 4.82. The molecule has 0 unspecified atom stereocenters. The van der Waals surface area contributed by atoms with E-state index in [9.17, 15) is 9.59 Å². The first-order chi connectivity index (χ1) is 14.9. The van der Waals surface area contributed by atoms with E-state index in [0.29, 0.717) is 6.54 Å². The number of amides is 2. The van der Waals surface area contributed by atoms with Crippen molar-refractivity contribution in [2.45, 2.75) is 75.6 Å². The number of carbonyl (C=O) groups excluding carboxylic acids is 2. The van der Waals surface area contributed by atoms with Crippen molar-refractivity contribution in [3.05, 3.63) is 59.2 Å². The van der Waals surface area contributed by atoms with E-state index in [1.807, 2.05) is 30.0 Å². The van der Waals surface area contributed by atoms with Gasteiger partial charge in [-0.3, -0.25) is 9.59 Å². The Morgan fingerprint density at radius 2 is 1.87 bits per heavy atom. The Bertz CT molecular complexity index is 968. The van der Waals surface area contributed by atoms with Crippen molar-refractivity contribution in [1.29, 1.82) is 0 Å². The number of anilines is 1. The highest BCUT2D eigenvalue weighted by molar-refractivity contribution is 8.01. The minimum atomic E-state index is -0.413. The van der Waals surface area contributed by atoms with E-state index < -0.39 is 5.25 Å². The molecule has 1 saturated carbocycles. The Hall–Kier alpha value is -2.27. The van der Waals surface area contributed by atoms with Gasteiger partial charge in [0.25, 0.3) is 0 Å². The molecule has 2 aromatic rings. The second-order valence-electron chi connectivity index (χ2n) is 8.99. The standard InChI is InChI=1S/C26H32N2O2S/c1-17-13-14-18(2)20(15-17)16-28-22-11-7-8-12-23(22)31-24(26(28)30)19(3)25(29)27-21-9-5-4-6-10-21/h7-8,11-15,19,21,24H,4-6,9-10,16H2,1-3H3,(H,27,29)/t19-,24-/m1/s1. The molecule has 0 aromatic heterocycles. The molecule has 2 aliphatic rings. The third-order valence-electron chi connectivity index (χ3n) is 6.57. The lowest BCUT2D eigenvalue weighted by Crippen LogP contribution is -2.49. The molecular formula is C26H32N2O2S. The van der Waals surface area contributed by atoms with Gasteiger partial charge in [0.1, 0.15) is 5.25 Å². The summed E-state index contributed by atoms with van der Waals surface area (Å²) < 4.78 is 0. The Morgan fingerprint density at radius 3 is 2.65 bits per heavy atom. The molecule has 2 amide bonds. The third-order valence-corrected chi connectivity index (χ3v) is 8.03. The van der Waals surface area contributed by atoms with Crippen LogP contribution in [0.4, 0.5) is 5.69 Å². The molecule has 0 radical (unpaired) electrons. The Balaban J connectivity index is 1.58. The fourth-order valence-electron chi connectivity index (χ4n) is 4.58. The molecule has 4 rings (SSSR count). The monoisotopic (exact) mass is 436 g/mol. The highest BCUT2D eigenvalue weighted by atomic mass is 32.2. The van der Waals surface area contributed by atoms with Crippen LogP contribution in [0.15, 0.2) is 47.4 Å². The summed E-state index contributed by atoms with van der Waals surface area (Å²) in [7, 11) is 0. The van der Waals surface area contributed by atoms with Crippen LogP contribution in [0.5, 0.6) is 0 Å². The van der Waals surface area contributed by atoms with E-state index in [2.05, 4.69) is 43.4 Å². The average molecular weight is 437 g/mol. The van der Waals surface area contributed by atoms with Gasteiger partial charge in [-0.2, -0.15) is 0 Å². The van der Waals surface area contributed by atoms with E-state index in [4.69, 9.17) is 0 Å². The number of hydrogen-bond donors (Lipinski definition) is 1. The highest BCUT2D eigenvalue weighted by Crippen LogP contribution is 2.42. The van der Waals surface area contributed by atoms with Crippen LogP contribution in [-0.2, 0) is 16.1 Å². The van der Waals surface area contributed by atoms with Crippen LogP contribution < -0.4 is 10.2 Å². The van der Waals surface area contributed by atoms with Gasteiger partial charge < -0.3 is 10.2 Å². The largest absolute Gasteiger partial charge is 0.353 e. The predicted molar refractivity (Wildman–Crippen MR) is 127 cm³/mol. The molecule has 1 fully saturated rings. The van der Waals surface area contributed by atoms with Crippen LogP contribution in [0.3, 0.4) is 0 Å². The van der Waals surface area contributed by atoms with Crippen molar-refractivity contribution in [3.8, 4) is 0 Å². The van der Waals surface area contributed by atoms with Gasteiger partial charge in [0.2, 0.25) is 11.8 Å². The number of benzene rings is 2. The molecule has 2 aromatic carbocycles. The smallest absolute Gasteiger partial charge is 0.241 e. The topological polar surface area (TPSA) is 49.4 Å². The molecule has 5 heteroatoms. The molecule has 0 saturated heterocycles. The van der Waals surface area contributed by atoms with Crippen molar-refractivity contribution in [2.75, 3.05) is 4.90 Å². The molecule has 1 aliphatic carbocycles. The fraction of sp³-hybridized carbons (Fsp3) is 0.462. The van der Waals surface area contributed by atoms with Crippen LogP contribution >= 0.6 is 11.8 Å². The first kappa shape index (κ1) is 21.9. The van der Waals surface area contributed by atoms with Gasteiger partial charge in [0.05, 0.1) is 18.2 Å². The van der Waals surface area contributed by atoms with Crippen molar-refractivity contribution >= 4 is 29.3 Å². The van der Waals surface area contributed by atoms with E-state index in [-0.39, 0.29) is 23.8 Å². The summed E-state index contributed by atoms with van der Waals surface area (Å²) in [5, 5.41) is 2.81. The van der Waals surface area contributed by atoms with E-state index in [0.717, 1.165) is 29.0 Å². The maximum absolute atomic E-state index is 13.7. The summed E-state index contributed by atoms with van der Waals surface area (Å²) in [6.45, 7) is 6.59. The molecule has 1 aliphatic heterocycles. The van der Waals surface area contributed by atoms with Crippen molar-refractivity contribution in [2.24, 2.45) is 5.92 Å². The second kappa shape index (κ2) is 9.47. The van der Waals surface area contributed by atoms with Crippen LogP contribution in [0.2, 0.25) is 0 Å². The maximum Gasteiger partial charge on any atom is 0.241 e. The number of carbonyl (C=O) groups is 2. The molecule has 0 spiro atoms. The summed E-state index contributed by atoms with van der Waals surface area (Å²) in [5.74, 6) is -0.353. The number of hydrogen-bond acceptors (Lipinski definition) is 3. The van der Waals surface area contributed by atoms with Crippen molar-refractivity contribution in [1.82, 2.24) is 5.32 Å². The van der Waals surface area contributed by atoms with Crippen LogP contribution in [-0.4, -0.2) is 23.1 Å². The normalized spacial score (nSPS) is 20.3. The number of nitrogens with zero attached hydrogens (tertiary/aromatic N) is 1. The van der Waals surface area contributed by atoms with Crippen molar-refractivity contribution < 1.29 is 9.59 Å². The predicted octanol–water partition coefficient (Wildman–Crippen LogP) is 5.40. The summed E-state index contributed by atoms with van der Waals surface area (Å²) in [4.78, 5) is 29.6. The zero-order valence-electron chi connectivity index (χ0n) is 18.7. The zero-order valence-corrected chi connectivity index (χ0v) is 19.5. The minimum absolute atomic E-state index is 0.00353. The van der Waals surface area contributed by atoms with Crippen LogP contribution in [0.1, 0.15) is 55.7 Å². The highest BCUT2D eigenvalue weighted by Gasteiger charge is 2.40. The Labute approximate surface area is 189 Å². The van der Waals surface area contributed by atoms with Crippen LogP contribution in [0.25, 0.3) is 0 Å². The quantitative estimate of drug-likeness (QED) is 0.683. The first-order valence-corrected chi connectivity index (χ1v) is 12.3. The number of thioether (sulfide) groups is 1. The molecule has 4 nitrogen and oxygen atoms in total. The zero-order chi connectivity index (χ0) is 22.0. The summed E-state index contributed by atoms with van der Waals surface area (Å²) in [6, 6.07) is 14.7. The molecule has 1 heterocycles. The molecule has 31 heavy (non-hydrogen) atoms. The number of nitrogens with one attached hydrogen (secondary N) is 1. The van der Waals surface area contributed by atoms with Gasteiger partial charge >= 0.3 is 0 Å². The van der Waals surface area contributed by atoms with Gasteiger partial charge in [0.15, 0.2) is 0 Å². The lowest BCUT2D eigenvalue weighted by atomic mass is 9.94. The summed E-state index contributed by atoms with van der Waals surface area (Å²) >= 11 is 1.53.